The average molecular weight is 320 g/mol. The highest BCUT2D eigenvalue weighted by atomic mass is 79.9. The van der Waals surface area contributed by atoms with Crippen LogP contribution in [0.1, 0.15) is 22.8 Å². The smallest absolute Gasteiger partial charge is 0.0962 e. The number of rotatable bonds is 4. The van der Waals surface area contributed by atoms with Crippen LogP contribution in [0.25, 0.3) is 0 Å². The van der Waals surface area contributed by atoms with Gasteiger partial charge in [-0.25, -0.2) is 0 Å². The fourth-order valence-corrected chi connectivity index (χ4v) is 2.38. The molecule has 0 aliphatic heterocycles. The minimum absolute atomic E-state index is 0.501. The lowest BCUT2D eigenvalue weighted by Gasteiger charge is -2.15. The van der Waals surface area contributed by atoms with Crippen molar-refractivity contribution in [3.05, 3.63) is 63.6 Å². The fraction of sp³-hybridized carbons (Fsp3) is 0.250. The summed E-state index contributed by atoms with van der Waals surface area (Å²) < 4.78 is 0.982. The van der Waals surface area contributed by atoms with E-state index in [0.29, 0.717) is 6.54 Å². The lowest BCUT2D eigenvalue weighted by Crippen LogP contribution is -2.12. The maximum atomic E-state index is 10.2. The monoisotopic (exact) mass is 319 g/mol. The largest absolute Gasteiger partial charge is 0.387 e. The van der Waals surface area contributed by atoms with Crippen molar-refractivity contribution in [3.8, 4) is 0 Å². The van der Waals surface area contributed by atoms with Gasteiger partial charge in [-0.3, -0.25) is 0 Å². The van der Waals surface area contributed by atoms with E-state index in [4.69, 9.17) is 0 Å². The predicted molar refractivity (Wildman–Crippen MR) is 83.5 cm³/mol. The molecule has 0 amide bonds. The van der Waals surface area contributed by atoms with Gasteiger partial charge in [-0.05, 0) is 48.7 Å². The normalized spacial score (nSPS) is 12.2. The Bertz CT molecular complexity index is 568. The van der Waals surface area contributed by atoms with Gasteiger partial charge in [0.25, 0.3) is 0 Å². The average Bonchev–Trinajstić information content (AvgIpc) is 2.39. The Labute approximate surface area is 122 Å². The van der Waals surface area contributed by atoms with Crippen LogP contribution in [0.15, 0.2) is 46.9 Å². The topological polar surface area (TPSA) is 32.3 Å². The van der Waals surface area contributed by atoms with E-state index in [1.807, 2.05) is 24.3 Å². The first-order chi connectivity index (χ1) is 9.06. The van der Waals surface area contributed by atoms with Gasteiger partial charge < -0.3 is 10.4 Å². The fourth-order valence-electron chi connectivity index (χ4n) is 1.96. The van der Waals surface area contributed by atoms with Crippen molar-refractivity contribution in [1.82, 2.24) is 0 Å². The molecule has 0 spiro atoms. The Morgan fingerprint density at radius 3 is 2.68 bits per heavy atom. The van der Waals surface area contributed by atoms with Crippen LogP contribution in [-0.4, -0.2) is 11.7 Å². The molecule has 1 unspecified atom stereocenters. The van der Waals surface area contributed by atoms with Crippen molar-refractivity contribution in [2.45, 2.75) is 20.0 Å². The van der Waals surface area contributed by atoms with Crippen LogP contribution in [0.5, 0.6) is 0 Å². The minimum Gasteiger partial charge on any atom is -0.387 e. The van der Waals surface area contributed by atoms with Gasteiger partial charge in [0.1, 0.15) is 0 Å². The highest BCUT2D eigenvalue weighted by Gasteiger charge is 2.08. The Balaban J connectivity index is 2.04. The number of benzene rings is 2. The van der Waals surface area contributed by atoms with Crippen molar-refractivity contribution in [2.24, 2.45) is 0 Å². The van der Waals surface area contributed by atoms with Crippen molar-refractivity contribution >= 4 is 21.6 Å². The van der Waals surface area contributed by atoms with E-state index in [1.165, 1.54) is 11.1 Å². The third kappa shape index (κ3) is 3.82. The molecule has 2 rings (SSSR count). The standard InChI is InChI=1S/C16H18BrNO/c1-11-6-7-12(2)15(8-11)18-10-16(19)13-4-3-5-14(17)9-13/h3-9,16,18-19H,10H2,1-2H3. The first-order valence-corrected chi connectivity index (χ1v) is 7.10. The summed E-state index contributed by atoms with van der Waals surface area (Å²) in [6, 6.07) is 14.0. The molecule has 0 aromatic heterocycles. The zero-order valence-corrected chi connectivity index (χ0v) is 12.7. The van der Waals surface area contributed by atoms with E-state index in [9.17, 15) is 5.11 Å². The molecule has 100 valence electrons. The number of aryl methyl sites for hydroxylation is 2. The first-order valence-electron chi connectivity index (χ1n) is 6.31. The Morgan fingerprint density at radius 1 is 1.16 bits per heavy atom. The second-order valence-corrected chi connectivity index (χ2v) is 5.69. The van der Waals surface area contributed by atoms with E-state index >= 15 is 0 Å². The van der Waals surface area contributed by atoms with E-state index < -0.39 is 6.10 Å². The molecule has 2 aromatic carbocycles. The quantitative estimate of drug-likeness (QED) is 0.884. The van der Waals surface area contributed by atoms with Crippen molar-refractivity contribution in [3.63, 3.8) is 0 Å². The van der Waals surface area contributed by atoms with Gasteiger partial charge in [-0.2, -0.15) is 0 Å². The third-order valence-corrected chi connectivity index (χ3v) is 3.61. The maximum Gasteiger partial charge on any atom is 0.0962 e. The second kappa shape index (κ2) is 6.22. The summed E-state index contributed by atoms with van der Waals surface area (Å²) in [5.74, 6) is 0. The second-order valence-electron chi connectivity index (χ2n) is 4.77. The van der Waals surface area contributed by atoms with E-state index in [0.717, 1.165) is 15.7 Å². The number of aliphatic hydroxyl groups is 1. The molecule has 3 heteroatoms. The zero-order valence-electron chi connectivity index (χ0n) is 11.2. The summed E-state index contributed by atoms with van der Waals surface area (Å²) >= 11 is 3.42. The van der Waals surface area contributed by atoms with Gasteiger partial charge in [0.15, 0.2) is 0 Å². The van der Waals surface area contributed by atoms with Crippen molar-refractivity contribution in [1.29, 1.82) is 0 Å². The molecule has 0 radical (unpaired) electrons. The summed E-state index contributed by atoms with van der Waals surface area (Å²) in [5.41, 5.74) is 4.39. The predicted octanol–water partition coefficient (Wildman–Crippen LogP) is 4.21. The molecule has 1 atom stereocenters. The third-order valence-electron chi connectivity index (χ3n) is 3.11. The van der Waals surface area contributed by atoms with Crippen LogP contribution in [0.4, 0.5) is 5.69 Å². The highest BCUT2D eigenvalue weighted by molar-refractivity contribution is 9.10. The molecule has 0 heterocycles. The van der Waals surface area contributed by atoms with Gasteiger partial charge in [0.05, 0.1) is 6.10 Å². The molecule has 0 fully saturated rings. The number of hydrogen-bond donors (Lipinski definition) is 2. The molecular formula is C16H18BrNO. The van der Waals surface area contributed by atoms with Crippen LogP contribution < -0.4 is 5.32 Å². The summed E-state index contributed by atoms with van der Waals surface area (Å²) in [6.45, 7) is 4.63. The van der Waals surface area contributed by atoms with E-state index in [1.54, 1.807) is 0 Å². The maximum absolute atomic E-state index is 10.2. The lowest BCUT2D eigenvalue weighted by molar-refractivity contribution is 0.191. The molecular weight excluding hydrogens is 302 g/mol. The summed E-state index contributed by atoms with van der Waals surface area (Å²) in [6.07, 6.45) is -0.516. The van der Waals surface area contributed by atoms with Crippen LogP contribution in [-0.2, 0) is 0 Å². The molecule has 19 heavy (non-hydrogen) atoms. The summed E-state index contributed by atoms with van der Waals surface area (Å²) in [5, 5.41) is 13.5. The molecule has 2 N–H and O–H groups in total. The van der Waals surface area contributed by atoms with Gasteiger partial charge in [-0.1, -0.05) is 40.2 Å². The Morgan fingerprint density at radius 2 is 1.95 bits per heavy atom. The lowest BCUT2D eigenvalue weighted by atomic mass is 10.1. The van der Waals surface area contributed by atoms with E-state index in [-0.39, 0.29) is 0 Å². The molecule has 0 saturated carbocycles. The number of anilines is 1. The summed E-state index contributed by atoms with van der Waals surface area (Å²) in [4.78, 5) is 0. The number of hydrogen-bond acceptors (Lipinski definition) is 2. The molecule has 0 aliphatic carbocycles. The molecule has 2 nitrogen and oxygen atoms in total. The first kappa shape index (κ1) is 14.1. The van der Waals surface area contributed by atoms with E-state index in [2.05, 4.69) is 53.3 Å². The van der Waals surface area contributed by atoms with Gasteiger partial charge in [0, 0.05) is 16.7 Å². The highest BCUT2D eigenvalue weighted by Crippen LogP contribution is 2.21. The molecule has 0 aliphatic rings. The summed E-state index contributed by atoms with van der Waals surface area (Å²) in [7, 11) is 0. The van der Waals surface area contributed by atoms with Crippen LogP contribution >= 0.6 is 15.9 Å². The van der Waals surface area contributed by atoms with Crippen LogP contribution in [0.2, 0.25) is 0 Å². The zero-order chi connectivity index (χ0) is 13.8. The SMILES string of the molecule is Cc1ccc(C)c(NCC(O)c2cccc(Br)c2)c1. The Kier molecular flexibility index (Phi) is 4.61. The van der Waals surface area contributed by atoms with Gasteiger partial charge in [-0.15, -0.1) is 0 Å². The Hall–Kier alpha value is -1.32. The van der Waals surface area contributed by atoms with Crippen LogP contribution in [0, 0.1) is 13.8 Å². The molecule has 0 saturated heterocycles. The number of halogens is 1. The van der Waals surface area contributed by atoms with Gasteiger partial charge in [0.2, 0.25) is 0 Å². The van der Waals surface area contributed by atoms with Crippen molar-refractivity contribution < 1.29 is 5.11 Å². The van der Waals surface area contributed by atoms with Crippen molar-refractivity contribution in [2.75, 3.05) is 11.9 Å². The van der Waals surface area contributed by atoms with Gasteiger partial charge >= 0.3 is 0 Å². The number of nitrogens with one attached hydrogen (secondary N) is 1. The molecule has 0 bridgehead atoms. The minimum atomic E-state index is -0.516. The molecule has 2 aromatic rings. The van der Waals surface area contributed by atoms with Crippen LogP contribution in [0.3, 0.4) is 0 Å². The number of aliphatic hydroxyl groups excluding tert-OH is 1.